The van der Waals surface area contributed by atoms with Crippen molar-refractivity contribution in [3.8, 4) is 0 Å². The number of hydrogen-bond donors (Lipinski definition) is 2. The summed E-state index contributed by atoms with van der Waals surface area (Å²) in [6, 6.07) is 0. The molecule has 0 saturated carbocycles. The van der Waals surface area contributed by atoms with Gasteiger partial charge >= 0.3 is 5.97 Å². The van der Waals surface area contributed by atoms with Crippen molar-refractivity contribution in [1.82, 2.24) is 10.3 Å². The zero-order chi connectivity index (χ0) is 12.0. The van der Waals surface area contributed by atoms with Crippen molar-refractivity contribution in [2.45, 2.75) is 26.8 Å². The van der Waals surface area contributed by atoms with E-state index in [0.717, 1.165) is 12.2 Å². The fourth-order valence-electron chi connectivity index (χ4n) is 1.08. The van der Waals surface area contributed by atoms with Gasteiger partial charge in [0, 0.05) is 18.5 Å². The molecule has 0 unspecified atom stereocenters. The van der Waals surface area contributed by atoms with Gasteiger partial charge in [-0.15, -0.1) is 0 Å². The van der Waals surface area contributed by atoms with E-state index < -0.39 is 5.97 Å². The number of aromatic nitrogens is 1. The molecular weight excluding hydrogens is 208 g/mol. The van der Waals surface area contributed by atoms with Crippen molar-refractivity contribution in [2.75, 3.05) is 6.54 Å². The van der Waals surface area contributed by atoms with Crippen LogP contribution < -0.4 is 5.32 Å². The molecule has 0 amide bonds. The number of nitrogens with one attached hydrogen (secondary N) is 1. The maximum Gasteiger partial charge on any atom is 0.330 e. The summed E-state index contributed by atoms with van der Waals surface area (Å²) in [5.41, 5.74) is 0.328. The van der Waals surface area contributed by atoms with Crippen molar-refractivity contribution < 1.29 is 14.3 Å². The molecule has 1 aromatic heterocycles. The number of aliphatic carboxylic acids is 1. The molecule has 0 bridgehead atoms. The quantitative estimate of drug-likeness (QED) is 0.563. The van der Waals surface area contributed by atoms with E-state index in [1.54, 1.807) is 19.2 Å². The second kappa shape index (κ2) is 6.07. The van der Waals surface area contributed by atoms with E-state index in [2.05, 4.69) is 10.3 Å². The molecule has 5 heteroatoms. The average Bonchev–Trinajstić information content (AvgIpc) is 2.71. The number of carboxylic acid groups (broad SMARTS) is 1. The molecule has 1 rings (SSSR count). The number of hydrogen-bond acceptors (Lipinski definition) is 4. The van der Waals surface area contributed by atoms with Crippen molar-refractivity contribution >= 4 is 5.97 Å². The van der Waals surface area contributed by atoms with Gasteiger partial charge in [0.25, 0.3) is 0 Å². The molecule has 0 aliphatic heterocycles. The molecule has 88 valence electrons. The maximum atomic E-state index is 10.5. The molecule has 5 nitrogen and oxygen atoms in total. The Hall–Kier alpha value is -1.62. The first-order valence-electron chi connectivity index (χ1n) is 5.17. The predicted octanol–water partition coefficient (Wildman–Crippen LogP) is 1.36. The summed E-state index contributed by atoms with van der Waals surface area (Å²) < 4.78 is 5.38. The Labute approximate surface area is 94.2 Å². The third kappa shape index (κ3) is 3.86. The van der Waals surface area contributed by atoms with Gasteiger partial charge in [-0.2, -0.15) is 0 Å². The molecule has 2 N–H and O–H groups in total. The third-order valence-electron chi connectivity index (χ3n) is 2.12. The first-order valence-corrected chi connectivity index (χ1v) is 5.17. The Balaban J connectivity index is 2.30. The van der Waals surface area contributed by atoms with Crippen LogP contribution in [0.4, 0.5) is 0 Å². The van der Waals surface area contributed by atoms with E-state index >= 15 is 0 Å². The lowest BCUT2D eigenvalue weighted by Crippen LogP contribution is -2.14. The Morgan fingerprint density at radius 1 is 1.69 bits per heavy atom. The Morgan fingerprint density at radius 3 is 3.00 bits per heavy atom. The lowest BCUT2D eigenvalue weighted by molar-refractivity contribution is -0.132. The number of rotatable bonds is 6. The van der Waals surface area contributed by atoms with Gasteiger partial charge in [-0.1, -0.05) is 13.0 Å². The van der Waals surface area contributed by atoms with Crippen LogP contribution in [-0.2, 0) is 17.8 Å². The monoisotopic (exact) mass is 224 g/mol. The Bertz CT molecular complexity index is 382. The minimum absolute atomic E-state index is 0.328. The summed E-state index contributed by atoms with van der Waals surface area (Å²) in [5.74, 6) is 0.582. The van der Waals surface area contributed by atoms with E-state index in [9.17, 15) is 4.79 Å². The summed E-state index contributed by atoms with van der Waals surface area (Å²) in [6.45, 7) is 4.55. The molecule has 1 aromatic rings. The van der Waals surface area contributed by atoms with Gasteiger partial charge in [0.15, 0.2) is 0 Å². The van der Waals surface area contributed by atoms with E-state index in [1.807, 2.05) is 6.92 Å². The number of aryl methyl sites for hydroxylation is 1. The normalized spacial score (nSPS) is 11.8. The van der Waals surface area contributed by atoms with E-state index in [1.165, 1.54) is 0 Å². The SMILES string of the molecule is CCc1cnc(CNC/C=C(/C)C(=O)O)o1. The van der Waals surface area contributed by atoms with Crippen LogP contribution in [-0.4, -0.2) is 22.6 Å². The first kappa shape index (κ1) is 12.4. The standard InChI is InChI=1S/C11H16N2O3/c1-3-9-6-13-10(16-9)7-12-5-4-8(2)11(14)15/h4,6,12H,3,5,7H2,1-2H3,(H,14,15)/b8-4-. The van der Waals surface area contributed by atoms with Crippen LogP contribution in [0.5, 0.6) is 0 Å². The molecule has 0 atom stereocenters. The molecule has 0 radical (unpaired) electrons. The van der Waals surface area contributed by atoms with E-state index in [0.29, 0.717) is 24.6 Å². The Kier molecular flexibility index (Phi) is 4.72. The van der Waals surface area contributed by atoms with Crippen LogP contribution >= 0.6 is 0 Å². The molecule has 0 fully saturated rings. The lowest BCUT2D eigenvalue weighted by Gasteiger charge is -1.98. The van der Waals surface area contributed by atoms with Crippen molar-refractivity contribution in [3.63, 3.8) is 0 Å². The summed E-state index contributed by atoms with van der Waals surface area (Å²) in [7, 11) is 0. The molecule has 16 heavy (non-hydrogen) atoms. The van der Waals surface area contributed by atoms with Gasteiger partial charge in [-0.3, -0.25) is 0 Å². The molecule has 0 saturated heterocycles. The average molecular weight is 224 g/mol. The molecule has 0 aliphatic carbocycles. The lowest BCUT2D eigenvalue weighted by atomic mass is 10.3. The van der Waals surface area contributed by atoms with E-state index in [-0.39, 0.29) is 0 Å². The summed E-state index contributed by atoms with van der Waals surface area (Å²) in [5, 5.41) is 11.6. The number of carbonyl (C=O) groups is 1. The van der Waals surface area contributed by atoms with Crippen LogP contribution in [0.2, 0.25) is 0 Å². The third-order valence-corrected chi connectivity index (χ3v) is 2.12. The molecule has 0 aliphatic rings. The van der Waals surface area contributed by atoms with Gasteiger partial charge in [-0.05, 0) is 6.92 Å². The smallest absolute Gasteiger partial charge is 0.330 e. The second-order valence-corrected chi connectivity index (χ2v) is 3.40. The Morgan fingerprint density at radius 2 is 2.44 bits per heavy atom. The number of carboxylic acids is 1. The highest BCUT2D eigenvalue weighted by molar-refractivity contribution is 5.85. The first-order chi connectivity index (χ1) is 7.63. The molecule has 1 heterocycles. The zero-order valence-electron chi connectivity index (χ0n) is 9.49. The minimum atomic E-state index is -0.897. The maximum absolute atomic E-state index is 10.5. The van der Waals surface area contributed by atoms with Crippen molar-refractivity contribution in [3.05, 3.63) is 29.5 Å². The summed E-state index contributed by atoms with van der Waals surface area (Å²) >= 11 is 0. The van der Waals surface area contributed by atoms with Crippen molar-refractivity contribution in [2.24, 2.45) is 0 Å². The minimum Gasteiger partial charge on any atom is -0.478 e. The van der Waals surface area contributed by atoms with Crippen LogP contribution in [0.3, 0.4) is 0 Å². The number of nitrogens with zero attached hydrogens (tertiary/aromatic N) is 1. The predicted molar refractivity (Wildman–Crippen MR) is 59.0 cm³/mol. The largest absolute Gasteiger partial charge is 0.478 e. The molecular formula is C11H16N2O3. The molecule has 0 spiro atoms. The van der Waals surface area contributed by atoms with Gasteiger partial charge < -0.3 is 14.8 Å². The van der Waals surface area contributed by atoms with Gasteiger partial charge in [0.2, 0.25) is 5.89 Å². The topological polar surface area (TPSA) is 75.4 Å². The molecule has 0 aromatic carbocycles. The highest BCUT2D eigenvalue weighted by Gasteiger charge is 2.01. The van der Waals surface area contributed by atoms with Gasteiger partial charge in [0.05, 0.1) is 12.7 Å². The highest BCUT2D eigenvalue weighted by Crippen LogP contribution is 2.03. The van der Waals surface area contributed by atoms with Crippen molar-refractivity contribution in [1.29, 1.82) is 0 Å². The zero-order valence-corrected chi connectivity index (χ0v) is 9.49. The van der Waals surface area contributed by atoms with Gasteiger partial charge in [-0.25, -0.2) is 9.78 Å². The van der Waals surface area contributed by atoms with Gasteiger partial charge in [0.1, 0.15) is 5.76 Å². The second-order valence-electron chi connectivity index (χ2n) is 3.40. The fourth-order valence-corrected chi connectivity index (χ4v) is 1.08. The van der Waals surface area contributed by atoms with Crippen LogP contribution in [0.15, 0.2) is 22.3 Å². The number of oxazole rings is 1. The van der Waals surface area contributed by atoms with E-state index in [4.69, 9.17) is 9.52 Å². The van der Waals surface area contributed by atoms with Crippen LogP contribution in [0.1, 0.15) is 25.5 Å². The highest BCUT2D eigenvalue weighted by atomic mass is 16.4. The summed E-state index contributed by atoms with van der Waals surface area (Å²) in [4.78, 5) is 14.6. The fraction of sp³-hybridized carbons (Fsp3) is 0.455. The van der Waals surface area contributed by atoms with Crippen LogP contribution in [0.25, 0.3) is 0 Å². The van der Waals surface area contributed by atoms with Crippen LogP contribution in [0, 0.1) is 0 Å². The summed E-state index contributed by atoms with van der Waals surface area (Å²) in [6.07, 6.45) is 4.15.